The zero-order chi connectivity index (χ0) is 30.3. The molecule has 41 heavy (non-hydrogen) atoms. The summed E-state index contributed by atoms with van der Waals surface area (Å²) < 4.78 is 6.92. The van der Waals surface area contributed by atoms with Crippen LogP contribution in [0.15, 0.2) is 55.6 Å². The SMILES string of the molecule is C=CCN(Cc1ccccc1)C(=O)[C@H]1[C@H]2C(=O)N([C@@H](CC)CO)C(C(=O)N(CC=C)C(C)(C)C)C23CC(C)[C@]1(C)O3. The lowest BCUT2D eigenvalue weighted by Gasteiger charge is -2.43. The van der Waals surface area contributed by atoms with Crippen molar-refractivity contribution in [3.63, 3.8) is 0 Å². The molecule has 0 radical (unpaired) electrons. The summed E-state index contributed by atoms with van der Waals surface area (Å²) in [5.74, 6) is -2.39. The van der Waals surface area contributed by atoms with Crippen molar-refractivity contribution in [1.29, 1.82) is 0 Å². The Morgan fingerprint density at radius 3 is 2.34 bits per heavy atom. The van der Waals surface area contributed by atoms with Crippen LogP contribution >= 0.6 is 0 Å². The zero-order valence-corrected chi connectivity index (χ0v) is 25.5. The zero-order valence-electron chi connectivity index (χ0n) is 25.5. The average Bonchev–Trinajstić information content (AvgIpc) is 3.44. The van der Waals surface area contributed by atoms with Gasteiger partial charge >= 0.3 is 0 Å². The second-order valence-electron chi connectivity index (χ2n) is 13.1. The van der Waals surface area contributed by atoms with E-state index in [1.165, 1.54) is 0 Å². The van der Waals surface area contributed by atoms with Crippen LogP contribution in [0.1, 0.15) is 59.9 Å². The van der Waals surface area contributed by atoms with E-state index in [-0.39, 0.29) is 30.2 Å². The number of hydrogen-bond donors (Lipinski definition) is 1. The molecule has 3 saturated heterocycles. The van der Waals surface area contributed by atoms with E-state index in [1.807, 2.05) is 71.9 Å². The van der Waals surface area contributed by atoms with Gasteiger partial charge in [0.05, 0.1) is 30.1 Å². The minimum absolute atomic E-state index is 0.0743. The fourth-order valence-corrected chi connectivity index (χ4v) is 7.50. The lowest BCUT2D eigenvalue weighted by atomic mass is 9.62. The third kappa shape index (κ3) is 4.93. The van der Waals surface area contributed by atoms with E-state index in [0.29, 0.717) is 32.5 Å². The lowest BCUT2D eigenvalue weighted by Crippen LogP contribution is -2.61. The number of amides is 3. The molecular formula is C33H47N3O5. The van der Waals surface area contributed by atoms with Crippen molar-refractivity contribution in [2.75, 3.05) is 19.7 Å². The average molecular weight is 566 g/mol. The molecule has 1 N–H and O–H groups in total. The highest BCUT2D eigenvalue weighted by molar-refractivity contribution is 5.99. The van der Waals surface area contributed by atoms with Gasteiger partial charge in [-0.05, 0) is 52.0 Å². The number of benzene rings is 1. The molecule has 3 aliphatic heterocycles. The van der Waals surface area contributed by atoms with E-state index < -0.39 is 40.7 Å². The van der Waals surface area contributed by atoms with E-state index in [4.69, 9.17) is 4.74 Å². The molecule has 3 unspecified atom stereocenters. The standard InChI is InChI=1S/C33H47N3O5/c1-9-17-34(20-23-15-13-12-14-16-23)28(38)25-26-29(39)36(24(11-3)21-37)27(30(40)35(18-10-2)31(5,6)7)33(26)19-22(4)32(25,8)41-33/h9-10,12-16,22,24-27,37H,1-2,11,17-21H2,3-8H3/t22?,24-,25+,26-,27?,32-,33?/m0/s1. The van der Waals surface area contributed by atoms with Gasteiger partial charge in [-0.2, -0.15) is 0 Å². The number of likely N-dealkylation sites (tertiary alicyclic amines) is 1. The van der Waals surface area contributed by atoms with Crippen LogP contribution in [-0.2, 0) is 25.7 Å². The van der Waals surface area contributed by atoms with Crippen molar-refractivity contribution in [1.82, 2.24) is 14.7 Å². The molecule has 3 aliphatic rings. The van der Waals surface area contributed by atoms with E-state index >= 15 is 0 Å². The topological polar surface area (TPSA) is 90.4 Å². The van der Waals surface area contributed by atoms with Crippen LogP contribution < -0.4 is 0 Å². The second-order valence-corrected chi connectivity index (χ2v) is 13.1. The number of rotatable bonds is 11. The monoisotopic (exact) mass is 565 g/mol. The van der Waals surface area contributed by atoms with E-state index in [9.17, 15) is 19.5 Å². The molecule has 7 atom stereocenters. The van der Waals surface area contributed by atoms with Crippen LogP contribution in [0.3, 0.4) is 0 Å². The Hall–Kier alpha value is -2.97. The highest BCUT2D eigenvalue weighted by Crippen LogP contribution is 2.66. The molecule has 224 valence electrons. The number of ether oxygens (including phenoxy) is 1. The molecular weight excluding hydrogens is 518 g/mol. The Balaban J connectivity index is 1.84. The van der Waals surface area contributed by atoms with Gasteiger partial charge in [-0.25, -0.2) is 0 Å². The largest absolute Gasteiger partial charge is 0.394 e. The summed E-state index contributed by atoms with van der Waals surface area (Å²) >= 11 is 0. The van der Waals surface area contributed by atoms with Crippen LogP contribution in [0.5, 0.6) is 0 Å². The molecule has 1 aromatic rings. The third-order valence-electron chi connectivity index (χ3n) is 9.59. The Kier molecular flexibility index (Phi) is 8.59. The smallest absolute Gasteiger partial charge is 0.249 e. The predicted molar refractivity (Wildman–Crippen MR) is 158 cm³/mol. The number of nitrogens with zero attached hydrogens (tertiary/aromatic N) is 3. The van der Waals surface area contributed by atoms with Gasteiger partial charge in [-0.1, -0.05) is 56.3 Å². The molecule has 3 amide bonds. The van der Waals surface area contributed by atoms with Gasteiger partial charge in [-0.3, -0.25) is 14.4 Å². The second kappa shape index (κ2) is 11.4. The van der Waals surface area contributed by atoms with Crippen molar-refractivity contribution in [3.8, 4) is 0 Å². The molecule has 3 heterocycles. The summed E-state index contributed by atoms with van der Waals surface area (Å²) in [7, 11) is 0. The van der Waals surface area contributed by atoms with Gasteiger partial charge in [0, 0.05) is 25.2 Å². The highest BCUT2D eigenvalue weighted by atomic mass is 16.5. The molecule has 2 bridgehead atoms. The quantitative estimate of drug-likeness (QED) is 0.413. The molecule has 4 rings (SSSR count). The molecule has 8 heteroatoms. The minimum atomic E-state index is -1.18. The van der Waals surface area contributed by atoms with Crippen LogP contribution in [0.25, 0.3) is 0 Å². The van der Waals surface area contributed by atoms with Gasteiger partial charge < -0.3 is 24.5 Å². The number of carbonyl (C=O) groups is 3. The van der Waals surface area contributed by atoms with Crippen LogP contribution in [0.4, 0.5) is 0 Å². The number of fused-ring (bicyclic) bond motifs is 1. The fraction of sp³-hybridized carbons (Fsp3) is 0.606. The van der Waals surface area contributed by atoms with Gasteiger partial charge in [0.1, 0.15) is 11.6 Å². The van der Waals surface area contributed by atoms with Crippen LogP contribution in [-0.4, -0.2) is 86.0 Å². The molecule has 1 spiro atoms. The Labute approximate surface area is 245 Å². The third-order valence-corrected chi connectivity index (χ3v) is 9.59. The first-order valence-electron chi connectivity index (χ1n) is 14.8. The van der Waals surface area contributed by atoms with Gasteiger partial charge in [0.15, 0.2) is 0 Å². The van der Waals surface area contributed by atoms with Crippen LogP contribution in [0, 0.1) is 17.8 Å². The van der Waals surface area contributed by atoms with Gasteiger partial charge in [0.25, 0.3) is 0 Å². The van der Waals surface area contributed by atoms with Gasteiger partial charge in [-0.15, -0.1) is 13.2 Å². The predicted octanol–water partition coefficient (Wildman–Crippen LogP) is 3.80. The number of hydrogen-bond acceptors (Lipinski definition) is 5. The first-order valence-corrected chi connectivity index (χ1v) is 14.8. The first kappa shape index (κ1) is 31.0. The maximum Gasteiger partial charge on any atom is 0.249 e. The number of carbonyl (C=O) groups excluding carboxylic acids is 3. The van der Waals surface area contributed by atoms with Crippen molar-refractivity contribution in [2.45, 2.75) is 89.8 Å². The van der Waals surface area contributed by atoms with Crippen LogP contribution in [0.2, 0.25) is 0 Å². The summed E-state index contributed by atoms with van der Waals surface area (Å²) in [6, 6.07) is 8.21. The fourth-order valence-electron chi connectivity index (χ4n) is 7.50. The summed E-state index contributed by atoms with van der Waals surface area (Å²) in [6.07, 6.45) is 4.32. The van der Waals surface area contributed by atoms with Gasteiger partial charge in [0.2, 0.25) is 17.7 Å². The maximum atomic E-state index is 14.6. The summed E-state index contributed by atoms with van der Waals surface area (Å²) in [4.78, 5) is 48.7. The lowest BCUT2D eigenvalue weighted by molar-refractivity contribution is -0.160. The normalized spacial score (nSPS) is 31.1. The Morgan fingerprint density at radius 2 is 1.80 bits per heavy atom. The van der Waals surface area contributed by atoms with Crippen molar-refractivity contribution in [3.05, 3.63) is 61.2 Å². The van der Waals surface area contributed by atoms with E-state index in [1.54, 1.807) is 26.9 Å². The maximum absolute atomic E-state index is 14.6. The molecule has 3 fully saturated rings. The van der Waals surface area contributed by atoms with Crippen molar-refractivity contribution < 1.29 is 24.2 Å². The molecule has 0 aliphatic carbocycles. The summed E-state index contributed by atoms with van der Waals surface area (Å²) in [5, 5.41) is 10.4. The number of aliphatic hydroxyl groups is 1. The Bertz CT molecular complexity index is 1180. The van der Waals surface area contributed by atoms with Crippen molar-refractivity contribution in [2.24, 2.45) is 17.8 Å². The van der Waals surface area contributed by atoms with Crippen molar-refractivity contribution >= 4 is 17.7 Å². The highest BCUT2D eigenvalue weighted by Gasteiger charge is 2.80. The molecule has 1 aromatic carbocycles. The first-order chi connectivity index (χ1) is 19.3. The Morgan fingerprint density at radius 1 is 1.17 bits per heavy atom. The molecule has 8 nitrogen and oxygen atoms in total. The minimum Gasteiger partial charge on any atom is -0.394 e. The van der Waals surface area contributed by atoms with E-state index in [2.05, 4.69) is 13.2 Å². The molecule has 0 saturated carbocycles. The summed E-state index contributed by atoms with van der Waals surface area (Å²) in [6.45, 7) is 20.2. The number of aliphatic hydroxyl groups excluding tert-OH is 1. The molecule has 0 aromatic heterocycles. The summed E-state index contributed by atoms with van der Waals surface area (Å²) in [5.41, 5.74) is -1.68. The van der Waals surface area contributed by atoms with E-state index in [0.717, 1.165) is 5.56 Å².